The van der Waals surface area contributed by atoms with Crippen LogP contribution in [0.4, 0.5) is 5.82 Å². The number of nitrogens with zero attached hydrogens (tertiary/aromatic N) is 3. The molecular formula is C18H16Cl2N4O2S. The fraction of sp³-hybridized carbons (Fsp3) is 0.111. The van der Waals surface area contributed by atoms with Crippen LogP contribution < -0.4 is 4.72 Å². The van der Waals surface area contributed by atoms with Crippen LogP contribution in [0.2, 0.25) is 10.2 Å². The van der Waals surface area contributed by atoms with Gasteiger partial charge in [-0.25, -0.2) is 9.97 Å². The van der Waals surface area contributed by atoms with Gasteiger partial charge in [0.25, 0.3) is 0 Å². The smallest absolute Gasteiger partial charge is 0.254 e. The number of nitrogens with one attached hydrogen (secondary N) is 1. The third kappa shape index (κ3) is 4.75. The van der Waals surface area contributed by atoms with Gasteiger partial charge >= 0.3 is 10.2 Å². The van der Waals surface area contributed by atoms with Crippen molar-refractivity contribution < 1.29 is 8.42 Å². The van der Waals surface area contributed by atoms with Crippen LogP contribution in [0, 0.1) is 0 Å². The minimum absolute atomic E-state index is 0.0947. The van der Waals surface area contributed by atoms with E-state index in [0.29, 0.717) is 16.1 Å². The van der Waals surface area contributed by atoms with Gasteiger partial charge in [-0.3, -0.25) is 4.72 Å². The molecule has 1 heterocycles. The maximum absolute atomic E-state index is 12.7. The van der Waals surface area contributed by atoms with Crippen molar-refractivity contribution in [3.63, 3.8) is 0 Å². The van der Waals surface area contributed by atoms with Gasteiger partial charge in [-0.1, -0.05) is 65.7 Å². The van der Waals surface area contributed by atoms with E-state index in [2.05, 4.69) is 14.7 Å². The monoisotopic (exact) mass is 422 g/mol. The highest BCUT2D eigenvalue weighted by Gasteiger charge is 2.22. The molecule has 27 heavy (non-hydrogen) atoms. The molecular weight excluding hydrogens is 407 g/mol. The van der Waals surface area contributed by atoms with E-state index < -0.39 is 10.2 Å². The molecule has 140 valence electrons. The van der Waals surface area contributed by atoms with Gasteiger partial charge in [-0.05, 0) is 23.3 Å². The molecule has 0 aliphatic heterocycles. The molecule has 3 aromatic rings. The zero-order chi connectivity index (χ0) is 19.4. The van der Waals surface area contributed by atoms with Gasteiger partial charge < -0.3 is 0 Å². The summed E-state index contributed by atoms with van der Waals surface area (Å²) >= 11 is 12.1. The molecule has 0 saturated heterocycles. The largest absolute Gasteiger partial charge is 0.302 e. The molecule has 0 aliphatic carbocycles. The highest BCUT2D eigenvalue weighted by Crippen LogP contribution is 2.33. The van der Waals surface area contributed by atoms with Crippen LogP contribution in [-0.2, 0) is 16.8 Å². The van der Waals surface area contributed by atoms with Crippen molar-refractivity contribution in [1.82, 2.24) is 14.3 Å². The van der Waals surface area contributed by atoms with Crippen molar-refractivity contribution in [2.24, 2.45) is 0 Å². The molecule has 0 bridgehead atoms. The van der Waals surface area contributed by atoms with Gasteiger partial charge in [-0.15, -0.1) is 0 Å². The van der Waals surface area contributed by atoms with Crippen LogP contribution in [0.3, 0.4) is 0 Å². The van der Waals surface area contributed by atoms with E-state index in [1.807, 2.05) is 30.3 Å². The maximum atomic E-state index is 12.7. The van der Waals surface area contributed by atoms with Crippen LogP contribution in [0.15, 0.2) is 60.9 Å². The zero-order valence-electron chi connectivity index (χ0n) is 14.3. The molecule has 0 atom stereocenters. The third-order valence-electron chi connectivity index (χ3n) is 3.82. The Morgan fingerprint density at radius 3 is 2.33 bits per heavy atom. The standard InChI is InChI=1S/C18H16Cl2N4O2S/c1-24(11-13-5-3-2-4-6-13)27(25,26)23-18-16(17(20)21-12-22-18)14-7-9-15(19)10-8-14/h2-10,12H,11H2,1H3,(H,21,22,23). The van der Waals surface area contributed by atoms with E-state index in [1.165, 1.54) is 17.7 Å². The van der Waals surface area contributed by atoms with Crippen molar-refractivity contribution in [2.75, 3.05) is 11.8 Å². The minimum Gasteiger partial charge on any atom is -0.254 e. The molecule has 2 aromatic carbocycles. The van der Waals surface area contributed by atoms with Crippen molar-refractivity contribution in [3.8, 4) is 11.1 Å². The molecule has 0 aliphatic rings. The minimum atomic E-state index is -3.86. The van der Waals surface area contributed by atoms with Crippen molar-refractivity contribution in [1.29, 1.82) is 0 Å². The number of hydrogen-bond donors (Lipinski definition) is 1. The van der Waals surface area contributed by atoms with Gasteiger partial charge in [0.15, 0.2) is 5.82 Å². The van der Waals surface area contributed by atoms with Crippen LogP contribution in [0.25, 0.3) is 11.1 Å². The fourth-order valence-electron chi connectivity index (χ4n) is 2.44. The molecule has 1 N–H and O–H groups in total. The van der Waals surface area contributed by atoms with Crippen molar-refractivity contribution in [2.45, 2.75) is 6.54 Å². The summed E-state index contributed by atoms with van der Waals surface area (Å²) in [4.78, 5) is 8.02. The van der Waals surface area contributed by atoms with Crippen LogP contribution in [0.5, 0.6) is 0 Å². The average molecular weight is 423 g/mol. The van der Waals surface area contributed by atoms with Gasteiger partial charge in [-0.2, -0.15) is 12.7 Å². The number of anilines is 1. The predicted octanol–water partition coefficient (Wildman–Crippen LogP) is 4.24. The topological polar surface area (TPSA) is 75.2 Å². The van der Waals surface area contributed by atoms with Crippen molar-refractivity contribution >= 4 is 39.2 Å². The summed E-state index contributed by atoms with van der Waals surface area (Å²) in [6.45, 7) is 0.214. The molecule has 0 unspecified atom stereocenters. The van der Waals surface area contributed by atoms with Gasteiger partial charge in [0.05, 0.1) is 5.56 Å². The lowest BCUT2D eigenvalue weighted by Gasteiger charge is -2.19. The first-order valence-electron chi connectivity index (χ1n) is 7.91. The zero-order valence-corrected chi connectivity index (χ0v) is 16.6. The Kier molecular flexibility index (Phi) is 5.96. The first kappa shape index (κ1) is 19.6. The molecule has 0 amide bonds. The molecule has 6 nitrogen and oxygen atoms in total. The lowest BCUT2D eigenvalue weighted by Crippen LogP contribution is -2.32. The van der Waals surface area contributed by atoms with E-state index in [9.17, 15) is 8.42 Å². The average Bonchev–Trinajstić information content (AvgIpc) is 2.63. The van der Waals surface area contributed by atoms with Gasteiger partial charge in [0.1, 0.15) is 11.5 Å². The summed E-state index contributed by atoms with van der Waals surface area (Å²) in [6, 6.07) is 16.1. The van der Waals surface area contributed by atoms with E-state index >= 15 is 0 Å². The molecule has 0 spiro atoms. The molecule has 0 saturated carbocycles. The second-order valence-corrected chi connectivity index (χ2v) is 8.32. The van der Waals surface area contributed by atoms with Gasteiger partial charge in [0.2, 0.25) is 0 Å². The Morgan fingerprint density at radius 1 is 1.00 bits per heavy atom. The summed E-state index contributed by atoms with van der Waals surface area (Å²) < 4.78 is 29.2. The van der Waals surface area contributed by atoms with E-state index in [4.69, 9.17) is 23.2 Å². The lowest BCUT2D eigenvalue weighted by atomic mass is 10.1. The third-order valence-corrected chi connectivity index (χ3v) is 5.76. The Hall–Kier alpha value is -2.19. The number of benzene rings is 2. The van der Waals surface area contributed by atoms with Crippen LogP contribution in [-0.4, -0.2) is 29.7 Å². The second-order valence-electron chi connectivity index (χ2n) is 5.74. The second kappa shape index (κ2) is 8.22. The molecule has 0 fully saturated rings. The number of hydrogen-bond acceptors (Lipinski definition) is 4. The fourth-order valence-corrected chi connectivity index (χ4v) is 3.68. The first-order valence-corrected chi connectivity index (χ1v) is 10.1. The number of aromatic nitrogens is 2. The van der Waals surface area contributed by atoms with Crippen molar-refractivity contribution in [3.05, 3.63) is 76.7 Å². The maximum Gasteiger partial charge on any atom is 0.302 e. The normalized spacial score (nSPS) is 11.6. The summed E-state index contributed by atoms with van der Waals surface area (Å²) in [5, 5.41) is 0.687. The Balaban J connectivity index is 1.90. The molecule has 9 heteroatoms. The van der Waals surface area contributed by atoms with E-state index in [0.717, 1.165) is 5.56 Å². The Morgan fingerprint density at radius 2 is 1.67 bits per heavy atom. The summed E-state index contributed by atoms with van der Waals surface area (Å²) in [6.07, 6.45) is 1.21. The molecule has 3 rings (SSSR count). The number of halogens is 2. The summed E-state index contributed by atoms with van der Waals surface area (Å²) in [5.41, 5.74) is 1.89. The highest BCUT2D eigenvalue weighted by molar-refractivity contribution is 7.90. The van der Waals surface area contributed by atoms with E-state index in [1.54, 1.807) is 24.3 Å². The Bertz CT molecular complexity index is 1030. The molecule has 0 radical (unpaired) electrons. The first-order chi connectivity index (χ1) is 12.9. The predicted molar refractivity (Wildman–Crippen MR) is 108 cm³/mol. The highest BCUT2D eigenvalue weighted by atomic mass is 35.5. The van der Waals surface area contributed by atoms with Crippen LogP contribution in [0.1, 0.15) is 5.56 Å². The SMILES string of the molecule is CN(Cc1ccccc1)S(=O)(=O)Nc1ncnc(Cl)c1-c1ccc(Cl)cc1. The molecule has 1 aromatic heterocycles. The van der Waals surface area contributed by atoms with Gasteiger partial charge in [0, 0.05) is 18.6 Å². The quantitative estimate of drug-likeness (QED) is 0.602. The summed E-state index contributed by atoms with van der Waals surface area (Å²) in [5.74, 6) is 0.0947. The summed E-state index contributed by atoms with van der Waals surface area (Å²) in [7, 11) is -2.37. The van der Waals surface area contributed by atoms with Crippen LogP contribution >= 0.6 is 23.2 Å². The van der Waals surface area contributed by atoms with E-state index in [-0.39, 0.29) is 17.5 Å². The lowest BCUT2D eigenvalue weighted by molar-refractivity contribution is 0.471. The number of rotatable bonds is 6. The Labute approximate surface area is 168 Å².